The first-order valence-corrected chi connectivity index (χ1v) is 7.09. The lowest BCUT2D eigenvalue weighted by molar-refractivity contribution is 0.0851. The van der Waals surface area contributed by atoms with Gasteiger partial charge in [-0.25, -0.2) is 8.78 Å². The minimum Gasteiger partial charge on any atom is -0.503 e. The second kappa shape index (κ2) is 7.19. The predicted octanol–water partition coefficient (Wildman–Crippen LogP) is 2.39. The predicted molar refractivity (Wildman–Crippen MR) is 81.1 cm³/mol. The molecule has 2 atom stereocenters. The number of halogens is 2. The third kappa shape index (κ3) is 4.26. The number of nitrogens with one attached hydrogen (secondary N) is 1. The van der Waals surface area contributed by atoms with Crippen molar-refractivity contribution in [3.8, 4) is 5.75 Å². The van der Waals surface area contributed by atoms with Gasteiger partial charge in [0, 0.05) is 12.0 Å². The van der Waals surface area contributed by atoms with Crippen LogP contribution >= 0.6 is 0 Å². The normalized spacial score (nSPS) is 13.4. The molecule has 0 fully saturated rings. The van der Waals surface area contributed by atoms with E-state index in [0.29, 0.717) is 6.42 Å². The van der Waals surface area contributed by atoms with E-state index in [0.717, 1.165) is 17.7 Å². The number of hydrogen-bond donors (Lipinski definition) is 3. The highest BCUT2D eigenvalue weighted by Gasteiger charge is 2.20. The van der Waals surface area contributed by atoms with Crippen molar-refractivity contribution in [3.05, 3.63) is 65.2 Å². The zero-order chi connectivity index (χ0) is 17.0. The van der Waals surface area contributed by atoms with Crippen LogP contribution in [0.25, 0.3) is 0 Å². The largest absolute Gasteiger partial charge is 0.503 e. The average molecular weight is 321 g/mol. The molecule has 2 aromatic carbocycles. The van der Waals surface area contributed by atoms with Crippen molar-refractivity contribution >= 4 is 5.91 Å². The van der Waals surface area contributed by atoms with Gasteiger partial charge in [-0.3, -0.25) is 4.79 Å². The van der Waals surface area contributed by atoms with Gasteiger partial charge >= 0.3 is 0 Å². The fourth-order valence-electron chi connectivity index (χ4n) is 2.12. The van der Waals surface area contributed by atoms with Gasteiger partial charge in [0.2, 0.25) is 0 Å². The van der Waals surface area contributed by atoms with Crippen LogP contribution in [0.15, 0.2) is 42.5 Å². The summed E-state index contributed by atoms with van der Waals surface area (Å²) < 4.78 is 26.5. The van der Waals surface area contributed by atoms with Gasteiger partial charge in [0.25, 0.3) is 5.91 Å². The highest BCUT2D eigenvalue weighted by molar-refractivity contribution is 5.94. The zero-order valence-electron chi connectivity index (χ0n) is 12.5. The first kappa shape index (κ1) is 16.9. The first-order chi connectivity index (χ1) is 10.9. The van der Waals surface area contributed by atoms with Crippen molar-refractivity contribution in [1.82, 2.24) is 5.32 Å². The molecule has 2 aromatic rings. The topological polar surface area (TPSA) is 69.6 Å². The van der Waals surface area contributed by atoms with E-state index in [1.54, 1.807) is 6.92 Å². The Morgan fingerprint density at radius 1 is 1.17 bits per heavy atom. The molecule has 0 radical (unpaired) electrons. The molecule has 0 aliphatic carbocycles. The monoisotopic (exact) mass is 321 g/mol. The summed E-state index contributed by atoms with van der Waals surface area (Å²) in [6.45, 7) is 1.60. The van der Waals surface area contributed by atoms with Crippen LogP contribution in [0.2, 0.25) is 0 Å². The van der Waals surface area contributed by atoms with Crippen molar-refractivity contribution in [3.63, 3.8) is 0 Å². The van der Waals surface area contributed by atoms with E-state index in [4.69, 9.17) is 5.11 Å². The van der Waals surface area contributed by atoms with Crippen molar-refractivity contribution in [2.45, 2.75) is 25.5 Å². The average Bonchev–Trinajstić information content (AvgIpc) is 2.52. The van der Waals surface area contributed by atoms with Gasteiger partial charge in [0.1, 0.15) is 0 Å². The van der Waals surface area contributed by atoms with Crippen LogP contribution in [0.3, 0.4) is 0 Å². The minimum absolute atomic E-state index is 0.267. The maximum Gasteiger partial charge on any atom is 0.251 e. The highest BCUT2D eigenvalue weighted by Crippen LogP contribution is 2.21. The fraction of sp³-hybridized carbons (Fsp3) is 0.235. The van der Waals surface area contributed by atoms with Gasteiger partial charge in [0.15, 0.2) is 17.4 Å². The molecule has 0 bridgehead atoms. The quantitative estimate of drug-likeness (QED) is 0.792. The summed E-state index contributed by atoms with van der Waals surface area (Å²) >= 11 is 0. The Kier molecular flexibility index (Phi) is 5.28. The van der Waals surface area contributed by atoms with Crippen molar-refractivity contribution in [2.75, 3.05) is 0 Å². The highest BCUT2D eigenvalue weighted by atomic mass is 19.1. The molecule has 0 aromatic heterocycles. The Labute approximate surface area is 132 Å². The van der Waals surface area contributed by atoms with Crippen LogP contribution in [-0.2, 0) is 6.42 Å². The molecule has 0 heterocycles. The number of amides is 1. The number of hydrogen-bond acceptors (Lipinski definition) is 3. The molecule has 6 heteroatoms. The van der Waals surface area contributed by atoms with E-state index in [2.05, 4.69) is 5.32 Å². The molecule has 0 aliphatic rings. The molecule has 4 nitrogen and oxygen atoms in total. The number of aromatic hydroxyl groups is 1. The maximum absolute atomic E-state index is 13.3. The summed E-state index contributed by atoms with van der Waals surface area (Å²) in [5, 5.41) is 21.6. The minimum atomic E-state index is -1.22. The molecule has 0 saturated heterocycles. The van der Waals surface area contributed by atoms with E-state index >= 15 is 0 Å². The number of carbonyl (C=O) groups excluding carboxylic acids is 1. The molecular weight excluding hydrogens is 304 g/mol. The summed E-state index contributed by atoms with van der Waals surface area (Å²) in [6.07, 6.45) is -0.520. The number of phenolic OH excluding ortho intramolecular Hbond substituents is 1. The molecule has 1 amide bonds. The van der Waals surface area contributed by atoms with E-state index in [9.17, 15) is 18.7 Å². The number of benzene rings is 2. The SMILES string of the molecule is C[C@H](NC(=O)c1cc(F)c(O)c(F)c1)[C@H](O)Cc1ccccc1. The Morgan fingerprint density at radius 3 is 2.30 bits per heavy atom. The van der Waals surface area contributed by atoms with E-state index in [1.165, 1.54) is 0 Å². The van der Waals surface area contributed by atoms with Crippen LogP contribution in [0.5, 0.6) is 5.75 Å². The molecule has 0 unspecified atom stereocenters. The summed E-state index contributed by atoms with van der Waals surface area (Å²) in [4.78, 5) is 12.0. The second-order valence-corrected chi connectivity index (χ2v) is 5.31. The van der Waals surface area contributed by atoms with Gasteiger partial charge in [-0.2, -0.15) is 0 Å². The third-order valence-corrected chi connectivity index (χ3v) is 3.50. The Hall–Kier alpha value is -2.47. The second-order valence-electron chi connectivity index (χ2n) is 5.31. The molecule has 3 N–H and O–H groups in total. The molecule has 0 aliphatic heterocycles. The van der Waals surface area contributed by atoms with Gasteiger partial charge in [-0.15, -0.1) is 0 Å². The maximum atomic E-state index is 13.3. The zero-order valence-corrected chi connectivity index (χ0v) is 12.5. The molecule has 2 rings (SSSR count). The van der Waals surface area contributed by atoms with E-state index in [-0.39, 0.29) is 5.56 Å². The van der Waals surface area contributed by atoms with Crippen molar-refractivity contribution in [2.24, 2.45) is 0 Å². The van der Waals surface area contributed by atoms with Gasteiger partial charge in [-0.1, -0.05) is 30.3 Å². The van der Waals surface area contributed by atoms with Crippen LogP contribution < -0.4 is 5.32 Å². The molecule has 0 spiro atoms. The summed E-state index contributed by atoms with van der Waals surface area (Å²) in [6, 6.07) is 10.1. The molecule has 122 valence electrons. The summed E-state index contributed by atoms with van der Waals surface area (Å²) in [7, 11) is 0. The van der Waals surface area contributed by atoms with Crippen LogP contribution in [-0.4, -0.2) is 28.3 Å². The van der Waals surface area contributed by atoms with Crippen LogP contribution in [0.4, 0.5) is 8.78 Å². The van der Waals surface area contributed by atoms with Gasteiger partial charge in [0.05, 0.1) is 12.1 Å². The molecule has 23 heavy (non-hydrogen) atoms. The third-order valence-electron chi connectivity index (χ3n) is 3.50. The standard InChI is InChI=1S/C17H17F2NO3/c1-10(15(21)7-11-5-3-2-4-6-11)20-17(23)12-8-13(18)16(22)14(19)9-12/h2-6,8-10,15,21-22H,7H2,1H3,(H,20,23)/t10-,15+/m0/s1. The Balaban J connectivity index is 2.02. The summed E-state index contributed by atoms with van der Waals surface area (Å²) in [5.74, 6) is -4.29. The number of carbonyl (C=O) groups is 1. The Morgan fingerprint density at radius 2 is 1.74 bits per heavy atom. The lowest BCUT2D eigenvalue weighted by atomic mass is 10.0. The molecular formula is C17H17F2NO3. The summed E-state index contributed by atoms with van der Waals surface area (Å²) in [5.41, 5.74) is 0.638. The van der Waals surface area contributed by atoms with Gasteiger partial charge < -0.3 is 15.5 Å². The van der Waals surface area contributed by atoms with Gasteiger partial charge in [-0.05, 0) is 24.6 Å². The number of aliphatic hydroxyl groups is 1. The number of rotatable bonds is 5. The Bertz CT molecular complexity index is 668. The smallest absolute Gasteiger partial charge is 0.251 e. The number of aliphatic hydroxyl groups excluding tert-OH is 1. The van der Waals surface area contributed by atoms with Crippen molar-refractivity contribution in [1.29, 1.82) is 0 Å². The molecule has 0 saturated carbocycles. The van der Waals surface area contributed by atoms with E-state index in [1.807, 2.05) is 30.3 Å². The van der Waals surface area contributed by atoms with E-state index < -0.39 is 35.4 Å². The number of phenols is 1. The fourth-order valence-corrected chi connectivity index (χ4v) is 2.12. The first-order valence-electron chi connectivity index (χ1n) is 7.09. The van der Waals surface area contributed by atoms with Crippen molar-refractivity contribution < 1.29 is 23.8 Å². The van der Waals surface area contributed by atoms with Crippen LogP contribution in [0.1, 0.15) is 22.8 Å². The van der Waals surface area contributed by atoms with Crippen LogP contribution in [0, 0.1) is 11.6 Å². The lowest BCUT2D eigenvalue weighted by Gasteiger charge is -2.20. The lowest BCUT2D eigenvalue weighted by Crippen LogP contribution is -2.42.